The van der Waals surface area contributed by atoms with Crippen LogP contribution in [0.3, 0.4) is 0 Å². The van der Waals surface area contributed by atoms with Gasteiger partial charge in [0.1, 0.15) is 23.2 Å². The summed E-state index contributed by atoms with van der Waals surface area (Å²) in [6.07, 6.45) is 0. The largest absolute Gasteiger partial charge is 0.444 e. The van der Waals surface area contributed by atoms with Crippen LogP contribution in [0.5, 0.6) is 5.75 Å². The van der Waals surface area contributed by atoms with Crippen LogP contribution in [0.25, 0.3) is 5.57 Å². The van der Waals surface area contributed by atoms with Crippen molar-refractivity contribution in [3.05, 3.63) is 41.2 Å². The molecule has 0 saturated heterocycles. The highest BCUT2D eigenvalue weighted by molar-refractivity contribution is 6.07. The van der Waals surface area contributed by atoms with Gasteiger partial charge in [-0.15, -0.1) is 0 Å². The van der Waals surface area contributed by atoms with Gasteiger partial charge in [0.25, 0.3) is 0 Å². The lowest BCUT2D eigenvalue weighted by atomic mass is 9.96. The number of benzene rings is 1. The molecule has 4 heteroatoms. The highest BCUT2D eigenvalue weighted by Gasteiger charge is 2.27. The normalized spacial score (nSPS) is 13.1. The Bertz CT molecular complexity index is 608. The van der Waals surface area contributed by atoms with E-state index in [0.717, 1.165) is 0 Å². The summed E-state index contributed by atoms with van der Waals surface area (Å²) >= 11 is 0. The van der Waals surface area contributed by atoms with Crippen molar-refractivity contribution >= 4 is 23.4 Å². The number of rotatable bonds is 0. The lowest BCUT2D eigenvalue weighted by Crippen LogP contribution is -2.11. The number of hydrogen-bond donors (Lipinski definition) is 0. The van der Waals surface area contributed by atoms with Gasteiger partial charge < -0.3 is 4.74 Å². The van der Waals surface area contributed by atoms with Crippen LogP contribution in [0.2, 0.25) is 0 Å². The minimum absolute atomic E-state index is 0.0322. The van der Waals surface area contributed by atoms with Gasteiger partial charge in [0.15, 0.2) is 5.94 Å². The average molecular weight is 212 g/mol. The van der Waals surface area contributed by atoms with E-state index in [9.17, 15) is 14.4 Å². The van der Waals surface area contributed by atoms with Crippen LogP contribution in [0.1, 0.15) is 5.56 Å². The average Bonchev–Trinajstić information content (AvgIpc) is 2.36. The van der Waals surface area contributed by atoms with Crippen LogP contribution in [0, 0.1) is 0 Å². The fourth-order valence-electron chi connectivity index (χ4n) is 1.45. The van der Waals surface area contributed by atoms with E-state index in [1.54, 1.807) is 30.2 Å². The molecule has 1 aliphatic heterocycles. The number of para-hydroxylation sites is 1. The summed E-state index contributed by atoms with van der Waals surface area (Å²) < 4.78 is 5.11. The van der Waals surface area contributed by atoms with E-state index >= 15 is 0 Å². The molecule has 0 radical (unpaired) electrons. The quantitative estimate of drug-likeness (QED) is 0.596. The number of ether oxygens (including phenoxy) is 1. The van der Waals surface area contributed by atoms with Gasteiger partial charge in [-0.05, 0) is 12.1 Å². The van der Waals surface area contributed by atoms with Gasteiger partial charge in [-0.25, -0.2) is 14.4 Å². The van der Waals surface area contributed by atoms with Crippen molar-refractivity contribution in [3.8, 4) is 5.75 Å². The van der Waals surface area contributed by atoms with Crippen LogP contribution in [0.4, 0.5) is 0 Å². The first-order valence-corrected chi connectivity index (χ1v) is 4.35. The van der Waals surface area contributed by atoms with Crippen molar-refractivity contribution in [2.24, 2.45) is 0 Å². The molecular weight excluding hydrogens is 208 g/mol. The lowest BCUT2D eigenvalue weighted by Gasteiger charge is -2.17. The third kappa shape index (κ3) is 1.33. The number of allylic oxidation sites excluding steroid dienone is 1. The Balaban J connectivity index is 2.81. The molecule has 0 unspecified atom stereocenters. The fraction of sp³-hybridized carbons (Fsp3) is 0. The summed E-state index contributed by atoms with van der Waals surface area (Å²) in [5.74, 6) is 4.53. The maximum Gasteiger partial charge on any atom is 0.230 e. The minimum atomic E-state index is -0.341. The maximum absolute atomic E-state index is 10.8. The zero-order chi connectivity index (χ0) is 11.5. The Morgan fingerprint density at radius 3 is 2.19 bits per heavy atom. The molecular formula is C12H4O4. The molecule has 0 atom stereocenters. The standard InChI is InChI=1S/C12H4O4/c13-5-9-8-3-1-2-4-11(8)16-12(7-15)10(9)6-14/h1-4H. The molecule has 0 aromatic heterocycles. The molecule has 0 aliphatic carbocycles. The predicted octanol–water partition coefficient (Wildman–Crippen LogP) is 0.767. The number of carbonyl (C=O) groups excluding carboxylic acids is 3. The Morgan fingerprint density at radius 1 is 0.875 bits per heavy atom. The summed E-state index contributed by atoms with van der Waals surface area (Å²) in [6, 6.07) is 6.52. The molecule has 1 aromatic rings. The van der Waals surface area contributed by atoms with E-state index in [4.69, 9.17) is 4.74 Å². The van der Waals surface area contributed by atoms with E-state index in [1.165, 1.54) is 11.9 Å². The van der Waals surface area contributed by atoms with Crippen LogP contribution in [0.15, 0.2) is 35.6 Å². The van der Waals surface area contributed by atoms with Crippen molar-refractivity contribution in [2.75, 3.05) is 0 Å². The van der Waals surface area contributed by atoms with E-state index < -0.39 is 0 Å². The van der Waals surface area contributed by atoms with Crippen molar-refractivity contribution in [1.29, 1.82) is 0 Å². The number of fused-ring (bicyclic) bond motifs is 1. The van der Waals surface area contributed by atoms with Crippen LogP contribution in [-0.2, 0) is 14.4 Å². The van der Waals surface area contributed by atoms with Crippen LogP contribution >= 0.6 is 0 Å². The predicted molar refractivity (Wildman–Crippen MR) is 54.6 cm³/mol. The highest BCUT2D eigenvalue weighted by atomic mass is 16.5. The second kappa shape index (κ2) is 3.85. The molecule has 0 spiro atoms. The van der Waals surface area contributed by atoms with Crippen molar-refractivity contribution in [1.82, 2.24) is 0 Å². The van der Waals surface area contributed by atoms with Gasteiger partial charge in [0.05, 0.1) is 5.57 Å². The summed E-state index contributed by atoms with van der Waals surface area (Å²) in [4.78, 5) is 32.0. The summed E-state index contributed by atoms with van der Waals surface area (Å²) in [5.41, 5.74) is 0.133. The lowest BCUT2D eigenvalue weighted by molar-refractivity contribution is 0.430. The SMILES string of the molecule is O=C=C1Oc2ccccc2C(=C=O)C1=C=O. The Morgan fingerprint density at radius 2 is 1.56 bits per heavy atom. The molecule has 1 heterocycles. The maximum atomic E-state index is 10.8. The summed E-state index contributed by atoms with van der Waals surface area (Å²) in [6.45, 7) is 0. The zero-order valence-corrected chi connectivity index (χ0v) is 7.94. The summed E-state index contributed by atoms with van der Waals surface area (Å²) in [5, 5.41) is 0. The monoisotopic (exact) mass is 212 g/mol. The molecule has 1 aromatic carbocycles. The fourth-order valence-corrected chi connectivity index (χ4v) is 1.45. The van der Waals surface area contributed by atoms with E-state index in [1.807, 2.05) is 0 Å². The second-order valence-corrected chi connectivity index (χ2v) is 2.98. The van der Waals surface area contributed by atoms with E-state index in [-0.39, 0.29) is 16.9 Å². The molecule has 0 amide bonds. The molecule has 1 aliphatic rings. The third-order valence-corrected chi connectivity index (χ3v) is 2.14. The molecule has 0 fully saturated rings. The molecule has 76 valence electrons. The molecule has 4 nitrogen and oxygen atoms in total. The van der Waals surface area contributed by atoms with Gasteiger partial charge >= 0.3 is 0 Å². The number of hydrogen-bond acceptors (Lipinski definition) is 4. The Hall–Kier alpha value is -2.63. The minimum Gasteiger partial charge on any atom is -0.444 e. The van der Waals surface area contributed by atoms with Crippen molar-refractivity contribution in [2.45, 2.75) is 0 Å². The first-order chi connectivity index (χ1) is 7.81. The van der Waals surface area contributed by atoms with Crippen molar-refractivity contribution < 1.29 is 19.1 Å². The van der Waals surface area contributed by atoms with Crippen molar-refractivity contribution in [3.63, 3.8) is 0 Å². The van der Waals surface area contributed by atoms with Gasteiger partial charge in [0, 0.05) is 5.56 Å². The highest BCUT2D eigenvalue weighted by Crippen LogP contribution is 2.36. The molecule has 0 saturated carbocycles. The first kappa shape index (κ1) is 9.91. The van der Waals surface area contributed by atoms with Gasteiger partial charge in [-0.1, -0.05) is 12.1 Å². The van der Waals surface area contributed by atoms with E-state index in [0.29, 0.717) is 11.3 Å². The first-order valence-electron chi connectivity index (χ1n) is 4.35. The smallest absolute Gasteiger partial charge is 0.230 e. The van der Waals surface area contributed by atoms with Crippen LogP contribution in [-0.4, -0.2) is 17.8 Å². The molecule has 0 bridgehead atoms. The topological polar surface area (TPSA) is 60.4 Å². The summed E-state index contributed by atoms with van der Waals surface area (Å²) in [7, 11) is 0. The van der Waals surface area contributed by atoms with Gasteiger partial charge in [-0.2, -0.15) is 0 Å². The molecule has 0 N–H and O–H groups in total. The van der Waals surface area contributed by atoms with Crippen LogP contribution < -0.4 is 4.74 Å². The Labute approximate surface area is 90.1 Å². The molecule has 16 heavy (non-hydrogen) atoms. The second-order valence-electron chi connectivity index (χ2n) is 2.98. The molecule has 2 rings (SSSR count). The Kier molecular flexibility index (Phi) is 2.39. The van der Waals surface area contributed by atoms with Gasteiger partial charge in [0.2, 0.25) is 5.76 Å². The zero-order valence-electron chi connectivity index (χ0n) is 7.94. The van der Waals surface area contributed by atoms with E-state index in [2.05, 4.69) is 0 Å². The van der Waals surface area contributed by atoms with Gasteiger partial charge in [-0.3, -0.25) is 0 Å². The third-order valence-electron chi connectivity index (χ3n) is 2.14.